The Hall–Kier alpha value is -3.27. The summed E-state index contributed by atoms with van der Waals surface area (Å²) in [6, 6.07) is 7.61. The lowest BCUT2D eigenvalue weighted by molar-refractivity contribution is -0.123. The summed E-state index contributed by atoms with van der Waals surface area (Å²) >= 11 is 3.45. The molecular formula is C23H26BrN3O6. The van der Waals surface area contributed by atoms with E-state index in [1.807, 2.05) is 20.8 Å². The van der Waals surface area contributed by atoms with Gasteiger partial charge < -0.3 is 24.3 Å². The number of ether oxygens (including phenoxy) is 4. The Labute approximate surface area is 200 Å². The van der Waals surface area contributed by atoms with E-state index in [2.05, 4.69) is 31.8 Å². The van der Waals surface area contributed by atoms with Crippen molar-refractivity contribution in [2.75, 3.05) is 20.5 Å². The van der Waals surface area contributed by atoms with E-state index in [1.54, 1.807) is 37.4 Å². The average Bonchev–Trinajstić information content (AvgIpc) is 3.26. The number of fused-ring (bicyclic) bond motifs is 1. The lowest BCUT2D eigenvalue weighted by Gasteiger charge is -2.20. The molecule has 2 N–H and O–H groups in total. The third-order valence-corrected chi connectivity index (χ3v) is 5.39. The molecule has 2 aromatic rings. The van der Waals surface area contributed by atoms with Crippen molar-refractivity contribution in [3.8, 4) is 23.0 Å². The molecule has 0 aromatic heterocycles. The first-order valence-electron chi connectivity index (χ1n) is 10.4. The van der Waals surface area contributed by atoms with E-state index in [4.69, 9.17) is 18.9 Å². The predicted octanol–water partition coefficient (Wildman–Crippen LogP) is 3.49. The number of carbonyl (C=O) groups excluding carboxylic acids is 2. The van der Waals surface area contributed by atoms with Crippen molar-refractivity contribution in [1.82, 2.24) is 10.7 Å². The number of methoxy groups -OCH3 is 1. The number of hydrogen-bond donors (Lipinski definition) is 2. The maximum atomic E-state index is 12.7. The first kappa shape index (κ1) is 24.4. The third-order valence-electron chi connectivity index (χ3n) is 4.80. The molecule has 0 bridgehead atoms. The number of amides is 2. The molecule has 0 fully saturated rings. The van der Waals surface area contributed by atoms with Crippen LogP contribution in [0.3, 0.4) is 0 Å². The first-order chi connectivity index (χ1) is 15.8. The summed E-state index contributed by atoms with van der Waals surface area (Å²) in [6.45, 7) is 6.16. The minimum absolute atomic E-state index is 0.117. The normalized spacial score (nSPS) is 13.2. The second-order valence-electron chi connectivity index (χ2n) is 7.46. The average molecular weight is 520 g/mol. The summed E-state index contributed by atoms with van der Waals surface area (Å²) < 4.78 is 22.2. The first-order valence-corrected chi connectivity index (χ1v) is 11.2. The third kappa shape index (κ3) is 5.95. The number of carbonyl (C=O) groups is 2. The lowest BCUT2D eigenvalue weighted by Crippen LogP contribution is -2.48. The zero-order valence-corrected chi connectivity index (χ0v) is 20.4. The molecule has 0 aliphatic carbocycles. The fourth-order valence-electron chi connectivity index (χ4n) is 3.14. The van der Waals surface area contributed by atoms with Crippen molar-refractivity contribution in [1.29, 1.82) is 0 Å². The quantitative estimate of drug-likeness (QED) is 0.387. The van der Waals surface area contributed by atoms with E-state index in [9.17, 15) is 9.59 Å². The van der Waals surface area contributed by atoms with E-state index in [0.29, 0.717) is 45.2 Å². The highest BCUT2D eigenvalue weighted by Crippen LogP contribution is 2.36. The second kappa shape index (κ2) is 11.0. The van der Waals surface area contributed by atoms with E-state index in [0.717, 1.165) is 0 Å². The Morgan fingerprint density at radius 3 is 2.67 bits per heavy atom. The van der Waals surface area contributed by atoms with Gasteiger partial charge in [0.15, 0.2) is 23.0 Å². The molecular weight excluding hydrogens is 494 g/mol. The number of hydrogen-bond acceptors (Lipinski definition) is 7. The van der Waals surface area contributed by atoms with Crippen LogP contribution in [0.25, 0.3) is 0 Å². The zero-order valence-electron chi connectivity index (χ0n) is 18.8. The lowest BCUT2D eigenvalue weighted by atomic mass is 10.0. The van der Waals surface area contributed by atoms with Crippen LogP contribution in [0.5, 0.6) is 23.0 Å². The van der Waals surface area contributed by atoms with Gasteiger partial charge in [-0.25, -0.2) is 5.43 Å². The number of rotatable bonds is 9. The van der Waals surface area contributed by atoms with Gasteiger partial charge in [-0.2, -0.15) is 5.10 Å². The molecule has 10 heteroatoms. The monoisotopic (exact) mass is 519 g/mol. The van der Waals surface area contributed by atoms with Crippen LogP contribution in [0.15, 0.2) is 39.9 Å². The Morgan fingerprint density at radius 1 is 1.21 bits per heavy atom. The Kier molecular flexibility index (Phi) is 8.16. The van der Waals surface area contributed by atoms with Gasteiger partial charge in [0.25, 0.3) is 11.8 Å². The highest BCUT2D eigenvalue weighted by atomic mass is 79.9. The molecule has 1 aliphatic heterocycles. The molecule has 1 unspecified atom stereocenters. The molecule has 9 nitrogen and oxygen atoms in total. The van der Waals surface area contributed by atoms with Crippen LogP contribution in [0.4, 0.5) is 0 Å². The van der Waals surface area contributed by atoms with Crippen LogP contribution in [0.1, 0.15) is 36.7 Å². The van der Waals surface area contributed by atoms with Gasteiger partial charge in [-0.15, -0.1) is 0 Å². The standard InChI is InChI=1S/C23H26BrN3O6/c1-5-31-21-16(24)8-14(9-19(21)30-4)11-25-27-23(29)20(13(2)3)26-22(28)15-6-7-17-18(10-15)33-12-32-17/h6-11,13,20H,5,12H2,1-4H3,(H,26,28)(H,27,29). The van der Waals surface area contributed by atoms with Crippen LogP contribution >= 0.6 is 15.9 Å². The number of nitrogens with zero attached hydrogens (tertiary/aromatic N) is 1. The maximum Gasteiger partial charge on any atom is 0.262 e. The summed E-state index contributed by atoms with van der Waals surface area (Å²) in [6.07, 6.45) is 1.48. The SMILES string of the molecule is CCOc1c(Br)cc(C=NNC(=O)C(NC(=O)c2ccc3c(c2)OCO3)C(C)C)cc1OC. The molecule has 1 aliphatic rings. The van der Waals surface area contributed by atoms with Gasteiger partial charge in [-0.3, -0.25) is 9.59 Å². The van der Waals surface area contributed by atoms with Crippen LogP contribution in [0.2, 0.25) is 0 Å². The summed E-state index contributed by atoms with van der Waals surface area (Å²) in [5, 5.41) is 6.79. The zero-order chi connectivity index (χ0) is 24.0. The largest absolute Gasteiger partial charge is 0.493 e. The Balaban J connectivity index is 1.66. The molecule has 176 valence electrons. The fourth-order valence-corrected chi connectivity index (χ4v) is 3.71. The van der Waals surface area contributed by atoms with Crippen LogP contribution in [-0.4, -0.2) is 44.6 Å². The van der Waals surface area contributed by atoms with Gasteiger partial charge in [0.2, 0.25) is 6.79 Å². The highest BCUT2D eigenvalue weighted by Gasteiger charge is 2.25. The van der Waals surface area contributed by atoms with Gasteiger partial charge in [0, 0.05) is 5.56 Å². The van der Waals surface area contributed by atoms with Gasteiger partial charge in [0.1, 0.15) is 6.04 Å². The molecule has 2 amide bonds. The van der Waals surface area contributed by atoms with Gasteiger partial charge in [-0.1, -0.05) is 13.8 Å². The van der Waals surface area contributed by atoms with Gasteiger partial charge in [-0.05, 0) is 64.7 Å². The molecule has 1 heterocycles. The van der Waals surface area contributed by atoms with Crippen LogP contribution < -0.4 is 29.7 Å². The molecule has 3 rings (SSSR count). The summed E-state index contributed by atoms with van der Waals surface area (Å²) in [4.78, 5) is 25.4. The second-order valence-corrected chi connectivity index (χ2v) is 8.32. The summed E-state index contributed by atoms with van der Waals surface area (Å²) in [5.74, 6) is 1.20. The maximum absolute atomic E-state index is 12.7. The number of nitrogens with one attached hydrogen (secondary N) is 2. The molecule has 0 radical (unpaired) electrons. The minimum Gasteiger partial charge on any atom is -0.493 e. The predicted molar refractivity (Wildman–Crippen MR) is 126 cm³/mol. The van der Waals surface area contributed by atoms with E-state index < -0.39 is 17.9 Å². The summed E-state index contributed by atoms with van der Waals surface area (Å²) in [5.41, 5.74) is 3.55. The Bertz CT molecular complexity index is 1060. The van der Waals surface area contributed by atoms with Gasteiger partial charge in [0.05, 0.1) is 24.4 Å². The molecule has 33 heavy (non-hydrogen) atoms. The van der Waals surface area contributed by atoms with E-state index in [1.165, 1.54) is 6.21 Å². The highest BCUT2D eigenvalue weighted by molar-refractivity contribution is 9.10. The molecule has 1 atom stereocenters. The van der Waals surface area contributed by atoms with Crippen molar-refractivity contribution in [2.45, 2.75) is 26.8 Å². The van der Waals surface area contributed by atoms with E-state index in [-0.39, 0.29) is 12.7 Å². The topological polar surface area (TPSA) is 107 Å². The number of halogens is 1. The van der Waals surface area contributed by atoms with E-state index >= 15 is 0 Å². The number of hydrazone groups is 1. The molecule has 0 spiro atoms. The minimum atomic E-state index is -0.790. The fraction of sp³-hybridized carbons (Fsp3) is 0.348. The van der Waals surface area contributed by atoms with Crippen LogP contribution in [0, 0.1) is 5.92 Å². The van der Waals surface area contributed by atoms with Crippen molar-refractivity contribution in [2.24, 2.45) is 11.0 Å². The van der Waals surface area contributed by atoms with Gasteiger partial charge >= 0.3 is 0 Å². The van der Waals surface area contributed by atoms with Crippen LogP contribution in [-0.2, 0) is 4.79 Å². The molecule has 0 saturated heterocycles. The summed E-state index contributed by atoms with van der Waals surface area (Å²) in [7, 11) is 1.54. The molecule has 2 aromatic carbocycles. The van der Waals surface area contributed by atoms with Crippen molar-refractivity contribution < 1.29 is 28.5 Å². The Morgan fingerprint density at radius 2 is 1.97 bits per heavy atom. The number of benzene rings is 2. The van der Waals surface area contributed by atoms with Crippen molar-refractivity contribution in [3.63, 3.8) is 0 Å². The smallest absolute Gasteiger partial charge is 0.262 e. The van der Waals surface area contributed by atoms with Crippen molar-refractivity contribution in [3.05, 3.63) is 45.9 Å². The van der Waals surface area contributed by atoms with Crippen molar-refractivity contribution >= 4 is 34.0 Å². The molecule has 0 saturated carbocycles.